The van der Waals surface area contributed by atoms with E-state index in [4.69, 9.17) is 0 Å². The third-order valence-corrected chi connectivity index (χ3v) is 9.54. The molecule has 2 aromatic carbocycles. The van der Waals surface area contributed by atoms with E-state index in [-0.39, 0.29) is 0 Å². The second kappa shape index (κ2) is 5.31. The predicted octanol–water partition coefficient (Wildman–Crippen LogP) is 4.50. The van der Waals surface area contributed by atoms with E-state index in [1.807, 2.05) is 0 Å². The molecule has 2 rings (SSSR count). The van der Waals surface area contributed by atoms with Gasteiger partial charge in [0.05, 0.1) is 0 Å². The zero-order valence-corrected chi connectivity index (χ0v) is 15.5. The maximum absolute atomic E-state index is 2.45. The Morgan fingerprint density at radius 3 is 1.53 bits per heavy atom. The SMILES string of the molecule is [CH3][Sn]([CH3])([CH3])[c]1ccc(-c2ccc(I)cc2)cc1. The first-order valence-corrected chi connectivity index (χ1v) is 16.9. The molecule has 0 unspecified atom stereocenters. The Kier molecular flexibility index (Phi) is 4.18. The van der Waals surface area contributed by atoms with Crippen molar-refractivity contribution in [3.63, 3.8) is 0 Å². The average molecular weight is 443 g/mol. The molecule has 0 heterocycles. The first kappa shape index (κ1) is 13.4. The molecule has 17 heavy (non-hydrogen) atoms. The number of hydrogen-bond acceptors (Lipinski definition) is 0. The summed E-state index contributed by atoms with van der Waals surface area (Å²) in [6.45, 7) is 0. The standard InChI is InChI=1S/C12H8I.3CH3.Sn/c13-12-8-6-11(7-9-12)10-4-2-1-3-5-10;;;;/h2-9H;3*1H3;. The van der Waals surface area contributed by atoms with E-state index in [0.29, 0.717) is 0 Å². The Morgan fingerprint density at radius 2 is 1.12 bits per heavy atom. The van der Waals surface area contributed by atoms with Crippen LogP contribution in [0.4, 0.5) is 0 Å². The van der Waals surface area contributed by atoms with Gasteiger partial charge in [-0.15, -0.1) is 0 Å². The van der Waals surface area contributed by atoms with Gasteiger partial charge in [-0.25, -0.2) is 0 Å². The molecule has 0 nitrogen and oxygen atoms in total. The van der Waals surface area contributed by atoms with E-state index in [2.05, 4.69) is 85.9 Å². The van der Waals surface area contributed by atoms with Gasteiger partial charge >= 0.3 is 123 Å². The number of rotatable bonds is 2. The van der Waals surface area contributed by atoms with Crippen LogP contribution in [0, 0.1) is 3.57 Å². The van der Waals surface area contributed by atoms with Crippen LogP contribution in [0.1, 0.15) is 0 Å². The van der Waals surface area contributed by atoms with Crippen molar-refractivity contribution in [2.24, 2.45) is 0 Å². The molecule has 0 aromatic heterocycles. The molecule has 0 saturated heterocycles. The molecule has 0 amide bonds. The van der Waals surface area contributed by atoms with Gasteiger partial charge in [-0.05, 0) is 0 Å². The van der Waals surface area contributed by atoms with Gasteiger partial charge in [0.1, 0.15) is 0 Å². The summed E-state index contributed by atoms with van der Waals surface area (Å²) < 4.78 is 2.88. The van der Waals surface area contributed by atoms with E-state index in [1.165, 1.54) is 14.7 Å². The van der Waals surface area contributed by atoms with E-state index in [9.17, 15) is 0 Å². The summed E-state index contributed by atoms with van der Waals surface area (Å²) in [6.07, 6.45) is 0. The summed E-state index contributed by atoms with van der Waals surface area (Å²) >= 11 is 0.459. The first-order valence-electron chi connectivity index (χ1n) is 5.83. The summed E-state index contributed by atoms with van der Waals surface area (Å²) in [5.41, 5.74) is 2.63. The van der Waals surface area contributed by atoms with Crippen molar-refractivity contribution in [1.29, 1.82) is 0 Å². The fraction of sp³-hybridized carbons (Fsp3) is 0.200. The van der Waals surface area contributed by atoms with Gasteiger partial charge < -0.3 is 0 Å². The zero-order valence-electron chi connectivity index (χ0n) is 10.5. The summed E-state index contributed by atoms with van der Waals surface area (Å²) in [4.78, 5) is 7.36. The van der Waals surface area contributed by atoms with Crippen molar-refractivity contribution in [3.05, 3.63) is 52.1 Å². The van der Waals surface area contributed by atoms with Gasteiger partial charge in [0, 0.05) is 0 Å². The minimum absolute atomic E-state index is 1.29. The fourth-order valence-electron chi connectivity index (χ4n) is 1.81. The Balaban J connectivity index is 2.33. The predicted molar refractivity (Wildman–Crippen MR) is 87.6 cm³/mol. The van der Waals surface area contributed by atoms with Crippen LogP contribution in [0.15, 0.2) is 48.5 Å². The van der Waals surface area contributed by atoms with Gasteiger partial charge in [0.2, 0.25) is 0 Å². The molecular weight excluding hydrogens is 426 g/mol. The summed E-state index contributed by atoms with van der Waals surface area (Å²) in [6, 6.07) is 17.9. The average Bonchev–Trinajstić information content (AvgIpc) is 2.29. The molecule has 0 atom stereocenters. The van der Waals surface area contributed by atoms with Crippen LogP contribution in [-0.4, -0.2) is 18.4 Å². The molecule has 2 aromatic rings. The molecule has 88 valence electrons. The summed E-state index contributed by atoms with van der Waals surface area (Å²) in [5.74, 6) is 0. The molecule has 0 spiro atoms. The van der Waals surface area contributed by atoms with Gasteiger partial charge in [-0.2, -0.15) is 0 Å². The molecule has 0 saturated carbocycles. The second-order valence-electron chi connectivity index (χ2n) is 5.33. The molecule has 0 radical (unpaired) electrons. The Hall–Kier alpha value is -0.0313. The summed E-state index contributed by atoms with van der Waals surface area (Å²) in [5, 5.41) is 0. The molecule has 0 aliphatic heterocycles. The van der Waals surface area contributed by atoms with Crippen molar-refractivity contribution in [2.45, 2.75) is 14.8 Å². The molecule has 0 aliphatic rings. The quantitative estimate of drug-likeness (QED) is 0.474. The molecular formula is C15H17ISn. The van der Waals surface area contributed by atoms with Crippen molar-refractivity contribution in [3.8, 4) is 11.1 Å². The minimum atomic E-state index is -1.88. The van der Waals surface area contributed by atoms with E-state index >= 15 is 0 Å². The fourth-order valence-corrected chi connectivity index (χ4v) is 5.49. The van der Waals surface area contributed by atoms with Gasteiger partial charge in [-0.3, -0.25) is 0 Å². The van der Waals surface area contributed by atoms with Crippen LogP contribution in [0.25, 0.3) is 11.1 Å². The van der Waals surface area contributed by atoms with E-state index in [1.54, 1.807) is 3.58 Å². The molecule has 0 bridgehead atoms. The maximum atomic E-state index is 2.45. The van der Waals surface area contributed by atoms with E-state index in [0.717, 1.165) is 0 Å². The van der Waals surface area contributed by atoms with Crippen molar-refractivity contribution in [2.75, 3.05) is 0 Å². The normalized spacial score (nSPS) is 11.5. The van der Waals surface area contributed by atoms with Crippen LogP contribution in [-0.2, 0) is 0 Å². The second-order valence-corrected chi connectivity index (χ2v) is 21.1. The van der Waals surface area contributed by atoms with Crippen LogP contribution >= 0.6 is 22.6 Å². The Bertz CT molecular complexity index is 492. The molecule has 0 N–H and O–H groups in total. The molecule has 0 fully saturated rings. The first-order chi connectivity index (χ1) is 7.97. The zero-order chi connectivity index (χ0) is 12.5. The monoisotopic (exact) mass is 444 g/mol. The third-order valence-electron chi connectivity index (χ3n) is 2.93. The Labute approximate surface area is 121 Å². The van der Waals surface area contributed by atoms with Gasteiger partial charge in [-0.1, -0.05) is 0 Å². The van der Waals surface area contributed by atoms with Crippen LogP contribution < -0.4 is 3.58 Å². The third kappa shape index (κ3) is 3.47. The van der Waals surface area contributed by atoms with Crippen molar-refractivity contribution < 1.29 is 0 Å². The van der Waals surface area contributed by atoms with Gasteiger partial charge in [0.25, 0.3) is 0 Å². The topological polar surface area (TPSA) is 0 Å². The molecule has 0 aliphatic carbocycles. The van der Waals surface area contributed by atoms with Gasteiger partial charge in [0.15, 0.2) is 0 Å². The number of hydrogen-bond donors (Lipinski definition) is 0. The number of halogens is 1. The van der Waals surface area contributed by atoms with Crippen LogP contribution in [0.3, 0.4) is 0 Å². The van der Waals surface area contributed by atoms with Crippen molar-refractivity contribution in [1.82, 2.24) is 0 Å². The van der Waals surface area contributed by atoms with Crippen LogP contribution in [0.2, 0.25) is 14.8 Å². The molecule has 2 heteroatoms. The Morgan fingerprint density at radius 1 is 0.706 bits per heavy atom. The number of benzene rings is 2. The summed E-state index contributed by atoms with van der Waals surface area (Å²) in [7, 11) is 0. The van der Waals surface area contributed by atoms with Crippen molar-refractivity contribution >= 4 is 44.5 Å². The van der Waals surface area contributed by atoms with E-state index < -0.39 is 18.4 Å². The van der Waals surface area contributed by atoms with Crippen LogP contribution in [0.5, 0.6) is 0 Å².